The summed E-state index contributed by atoms with van der Waals surface area (Å²) in [4.78, 5) is 0. The van der Waals surface area contributed by atoms with Crippen LogP contribution in [-0.2, 0) is 12.0 Å². The minimum Gasteiger partial charge on any atom is -0.326 e. The van der Waals surface area contributed by atoms with E-state index in [0.29, 0.717) is 12.0 Å². The van der Waals surface area contributed by atoms with Crippen LogP contribution in [0.1, 0.15) is 44.7 Å². The molecule has 0 saturated heterocycles. The van der Waals surface area contributed by atoms with Crippen LogP contribution >= 0.6 is 0 Å². The van der Waals surface area contributed by atoms with E-state index < -0.39 is 0 Å². The predicted molar refractivity (Wildman–Crippen MR) is 62.3 cm³/mol. The van der Waals surface area contributed by atoms with Crippen molar-refractivity contribution in [3.8, 4) is 0 Å². The first-order chi connectivity index (χ1) is 6.66. The van der Waals surface area contributed by atoms with Crippen molar-refractivity contribution in [3.63, 3.8) is 0 Å². The SMILES string of the molecule is CCC(C)(CC)c1ccc(CN)cc1. The van der Waals surface area contributed by atoms with Gasteiger partial charge < -0.3 is 5.73 Å². The fourth-order valence-electron chi connectivity index (χ4n) is 1.70. The van der Waals surface area contributed by atoms with Gasteiger partial charge in [-0.15, -0.1) is 0 Å². The second kappa shape index (κ2) is 4.61. The van der Waals surface area contributed by atoms with E-state index in [4.69, 9.17) is 5.73 Å². The van der Waals surface area contributed by atoms with Crippen LogP contribution in [0.15, 0.2) is 24.3 Å². The van der Waals surface area contributed by atoms with Gasteiger partial charge in [-0.2, -0.15) is 0 Å². The average molecular weight is 191 g/mol. The third-order valence-corrected chi connectivity index (χ3v) is 3.45. The molecule has 0 radical (unpaired) electrons. The Kier molecular flexibility index (Phi) is 3.70. The first-order valence-corrected chi connectivity index (χ1v) is 5.45. The molecule has 0 amide bonds. The monoisotopic (exact) mass is 191 g/mol. The molecule has 0 saturated carbocycles. The summed E-state index contributed by atoms with van der Waals surface area (Å²) in [5.41, 5.74) is 8.54. The molecular weight excluding hydrogens is 170 g/mol. The zero-order valence-corrected chi connectivity index (χ0v) is 9.51. The zero-order chi connectivity index (χ0) is 10.6. The number of rotatable bonds is 4. The van der Waals surface area contributed by atoms with Crippen molar-refractivity contribution in [1.29, 1.82) is 0 Å². The molecule has 1 rings (SSSR count). The van der Waals surface area contributed by atoms with E-state index >= 15 is 0 Å². The minimum atomic E-state index is 0.327. The fourth-order valence-corrected chi connectivity index (χ4v) is 1.70. The van der Waals surface area contributed by atoms with Gasteiger partial charge in [0, 0.05) is 6.54 Å². The summed E-state index contributed by atoms with van der Waals surface area (Å²) in [6.07, 6.45) is 2.37. The highest BCUT2D eigenvalue weighted by Crippen LogP contribution is 2.30. The molecule has 0 aliphatic carbocycles. The molecule has 0 atom stereocenters. The Morgan fingerprint density at radius 1 is 1.07 bits per heavy atom. The minimum absolute atomic E-state index is 0.327. The summed E-state index contributed by atoms with van der Waals surface area (Å²) in [6.45, 7) is 7.46. The van der Waals surface area contributed by atoms with E-state index in [0.717, 1.165) is 0 Å². The third-order valence-electron chi connectivity index (χ3n) is 3.45. The van der Waals surface area contributed by atoms with Gasteiger partial charge in [-0.25, -0.2) is 0 Å². The van der Waals surface area contributed by atoms with Crippen molar-refractivity contribution in [2.24, 2.45) is 5.73 Å². The second-order valence-electron chi connectivity index (χ2n) is 4.17. The Bertz CT molecular complexity index is 270. The smallest absolute Gasteiger partial charge is 0.0178 e. The molecule has 0 heterocycles. The molecule has 1 aromatic rings. The first kappa shape index (κ1) is 11.3. The molecule has 0 spiro atoms. The molecule has 0 fully saturated rings. The summed E-state index contributed by atoms with van der Waals surface area (Å²) in [5, 5.41) is 0. The highest BCUT2D eigenvalue weighted by Gasteiger charge is 2.21. The van der Waals surface area contributed by atoms with Gasteiger partial charge in [-0.3, -0.25) is 0 Å². The summed E-state index contributed by atoms with van der Waals surface area (Å²) in [7, 11) is 0. The largest absolute Gasteiger partial charge is 0.326 e. The van der Waals surface area contributed by atoms with E-state index in [-0.39, 0.29) is 0 Å². The Balaban J connectivity index is 2.95. The molecule has 1 nitrogen and oxygen atoms in total. The summed E-state index contributed by atoms with van der Waals surface area (Å²) in [5.74, 6) is 0. The molecule has 1 heteroatoms. The van der Waals surface area contributed by atoms with Crippen molar-refractivity contribution in [2.75, 3.05) is 0 Å². The third kappa shape index (κ3) is 2.16. The maximum atomic E-state index is 5.57. The van der Waals surface area contributed by atoms with E-state index in [1.807, 2.05) is 0 Å². The van der Waals surface area contributed by atoms with Crippen molar-refractivity contribution in [2.45, 2.75) is 45.6 Å². The maximum Gasteiger partial charge on any atom is 0.0178 e. The van der Waals surface area contributed by atoms with Gasteiger partial charge in [0.2, 0.25) is 0 Å². The molecule has 0 aliphatic heterocycles. The summed E-state index contributed by atoms with van der Waals surface area (Å²) >= 11 is 0. The Morgan fingerprint density at radius 3 is 1.93 bits per heavy atom. The van der Waals surface area contributed by atoms with Crippen LogP contribution in [0.5, 0.6) is 0 Å². The quantitative estimate of drug-likeness (QED) is 0.777. The van der Waals surface area contributed by atoms with Crippen LogP contribution < -0.4 is 5.73 Å². The molecule has 2 N–H and O–H groups in total. The number of hydrogen-bond donors (Lipinski definition) is 1. The maximum absolute atomic E-state index is 5.57. The van der Waals surface area contributed by atoms with Crippen LogP contribution in [0.25, 0.3) is 0 Å². The molecule has 0 unspecified atom stereocenters. The van der Waals surface area contributed by atoms with Crippen LogP contribution in [0, 0.1) is 0 Å². The lowest BCUT2D eigenvalue weighted by Crippen LogP contribution is -2.19. The molecule has 1 aromatic carbocycles. The van der Waals surface area contributed by atoms with Gasteiger partial charge in [0.25, 0.3) is 0 Å². The normalized spacial score (nSPS) is 11.7. The van der Waals surface area contributed by atoms with Crippen molar-refractivity contribution >= 4 is 0 Å². The van der Waals surface area contributed by atoms with E-state index in [1.165, 1.54) is 24.0 Å². The Hall–Kier alpha value is -0.820. The first-order valence-electron chi connectivity index (χ1n) is 5.45. The van der Waals surface area contributed by atoms with E-state index in [9.17, 15) is 0 Å². The van der Waals surface area contributed by atoms with Crippen LogP contribution in [0.4, 0.5) is 0 Å². The van der Waals surface area contributed by atoms with Gasteiger partial charge in [0.05, 0.1) is 0 Å². The standard InChI is InChI=1S/C13H21N/c1-4-13(3,5-2)12-8-6-11(10-14)7-9-12/h6-9H,4-5,10,14H2,1-3H3. The molecular formula is C13H21N. The molecule has 0 bridgehead atoms. The van der Waals surface area contributed by atoms with Gasteiger partial charge in [0.1, 0.15) is 0 Å². The van der Waals surface area contributed by atoms with Crippen molar-refractivity contribution in [3.05, 3.63) is 35.4 Å². The van der Waals surface area contributed by atoms with Gasteiger partial charge >= 0.3 is 0 Å². The van der Waals surface area contributed by atoms with Crippen molar-refractivity contribution in [1.82, 2.24) is 0 Å². The lowest BCUT2D eigenvalue weighted by Gasteiger charge is -2.27. The highest BCUT2D eigenvalue weighted by molar-refractivity contribution is 5.28. The Labute approximate surface area is 87.3 Å². The highest BCUT2D eigenvalue weighted by atomic mass is 14.5. The Morgan fingerprint density at radius 2 is 1.57 bits per heavy atom. The molecule has 0 aliphatic rings. The predicted octanol–water partition coefficient (Wildman–Crippen LogP) is 3.22. The number of nitrogens with two attached hydrogens (primary N) is 1. The molecule has 0 aromatic heterocycles. The van der Waals surface area contributed by atoms with E-state index in [2.05, 4.69) is 45.0 Å². The number of hydrogen-bond acceptors (Lipinski definition) is 1. The average Bonchev–Trinajstić information content (AvgIpc) is 2.28. The lowest BCUT2D eigenvalue weighted by atomic mass is 9.78. The van der Waals surface area contributed by atoms with Crippen molar-refractivity contribution < 1.29 is 0 Å². The summed E-state index contributed by atoms with van der Waals surface area (Å²) in [6, 6.07) is 8.71. The number of benzene rings is 1. The second-order valence-corrected chi connectivity index (χ2v) is 4.17. The van der Waals surface area contributed by atoms with Gasteiger partial charge in [0.15, 0.2) is 0 Å². The fraction of sp³-hybridized carbons (Fsp3) is 0.538. The molecule has 14 heavy (non-hydrogen) atoms. The van der Waals surface area contributed by atoms with Gasteiger partial charge in [-0.1, -0.05) is 45.0 Å². The topological polar surface area (TPSA) is 26.0 Å². The van der Waals surface area contributed by atoms with Crippen LogP contribution in [0.3, 0.4) is 0 Å². The zero-order valence-electron chi connectivity index (χ0n) is 9.51. The lowest BCUT2D eigenvalue weighted by molar-refractivity contribution is 0.439. The molecule has 78 valence electrons. The van der Waals surface area contributed by atoms with E-state index in [1.54, 1.807) is 0 Å². The van der Waals surface area contributed by atoms with Crippen LogP contribution in [0.2, 0.25) is 0 Å². The van der Waals surface area contributed by atoms with Crippen LogP contribution in [-0.4, -0.2) is 0 Å². The summed E-state index contributed by atoms with van der Waals surface area (Å²) < 4.78 is 0. The van der Waals surface area contributed by atoms with Gasteiger partial charge in [-0.05, 0) is 29.4 Å².